The number of hydrogen-bond donors (Lipinski definition) is 2. The van der Waals surface area contributed by atoms with Gasteiger partial charge in [0.2, 0.25) is 5.71 Å². The third-order valence-electron chi connectivity index (χ3n) is 1.65. The summed E-state index contributed by atoms with van der Waals surface area (Å²) in [7, 11) is 0. The molecule has 1 aromatic heterocycles. The topological polar surface area (TPSA) is 107 Å². The Balaban J connectivity index is 0.00000289. The Morgan fingerprint density at radius 2 is 2.33 bits per heavy atom. The SMILES string of the molecule is CCOCCO/N=C(\C(=O)O)c1csc(N)n1.Cl. The summed E-state index contributed by atoms with van der Waals surface area (Å²) in [6.07, 6.45) is 0. The van der Waals surface area contributed by atoms with Crippen molar-refractivity contribution in [3.05, 3.63) is 11.1 Å². The number of nitrogen functional groups attached to an aromatic ring is 1. The van der Waals surface area contributed by atoms with E-state index < -0.39 is 5.97 Å². The molecule has 1 heterocycles. The van der Waals surface area contributed by atoms with E-state index in [9.17, 15) is 4.79 Å². The van der Waals surface area contributed by atoms with Gasteiger partial charge in [-0.2, -0.15) is 0 Å². The minimum absolute atomic E-state index is 0. The number of hydrogen-bond acceptors (Lipinski definition) is 7. The number of nitrogens with two attached hydrogens (primary N) is 1. The van der Waals surface area contributed by atoms with Crippen LogP contribution in [-0.4, -0.2) is 41.6 Å². The minimum Gasteiger partial charge on any atom is -0.476 e. The van der Waals surface area contributed by atoms with Crippen LogP contribution in [0.2, 0.25) is 0 Å². The van der Waals surface area contributed by atoms with Crippen LogP contribution in [0.1, 0.15) is 12.6 Å². The third-order valence-corrected chi connectivity index (χ3v) is 2.32. The van der Waals surface area contributed by atoms with Gasteiger partial charge >= 0.3 is 5.97 Å². The maximum absolute atomic E-state index is 10.9. The highest BCUT2D eigenvalue weighted by Crippen LogP contribution is 2.12. The number of halogens is 1. The number of carboxylic acids is 1. The lowest BCUT2D eigenvalue weighted by Gasteiger charge is -2.01. The van der Waals surface area contributed by atoms with Crippen LogP contribution in [0, 0.1) is 0 Å². The van der Waals surface area contributed by atoms with E-state index in [0.717, 1.165) is 11.3 Å². The van der Waals surface area contributed by atoms with Crippen molar-refractivity contribution < 1.29 is 19.5 Å². The molecule has 0 aliphatic carbocycles. The summed E-state index contributed by atoms with van der Waals surface area (Å²) < 4.78 is 5.01. The maximum atomic E-state index is 10.9. The second-order valence-electron chi connectivity index (χ2n) is 2.85. The van der Waals surface area contributed by atoms with Crippen molar-refractivity contribution in [2.75, 3.05) is 25.6 Å². The maximum Gasteiger partial charge on any atom is 0.360 e. The number of aromatic nitrogens is 1. The second kappa shape index (κ2) is 8.67. The van der Waals surface area contributed by atoms with E-state index in [2.05, 4.69) is 10.1 Å². The lowest BCUT2D eigenvalue weighted by atomic mass is 10.3. The van der Waals surface area contributed by atoms with Gasteiger partial charge in [0, 0.05) is 12.0 Å². The number of ether oxygens (including phenoxy) is 1. The van der Waals surface area contributed by atoms with Gasteiger partial charge < -0.3 is 20.4 Å². The molecule has 0 bridgehead atoms. The number of thiazole rings is 1. The summed E-state index contributed by atoms with van der Waals surface area (Å²) in [6, 6.07) is 0. The first-order valence-electron chi connectivity index (χ1n) is 4.87. The standard InChI is InChI=1S/C9H13N3O4S.ClH/c1-2-15-3-4-16-12-7(8(13)14)6-5-17-9(10)11-6;/h5H,2-4H2,1H3,(H2,10,11)(H,13,14);1H/b12-7-;. The van der Waals surface area contributed by atoms with E-state index in [4.69, 9.17) is 20.4 Å². The molecule has 0 aliphatic heterocycles. The highest BCUT2D eigenvalue weighted by molar-refractivity contribution is 7.13. The molecule has 0 atom stereocenters. The van der Waals surface area contributed by atoms with Crippen molar-refractivity contribution in [3.8, 4) is 0 Å². The van der Waals surface area contributed by atoms with E-state index in [1.165, 1.54) is 5.38 Å². The van der Waals surface area contributed by atoms with Gasteiger partial charge in [0.1, 0.15) is 12.3 Å². The summed E-state index contributed by atoms with van der Waals surface area (Å²) in [6.45, 7) is 2.96. The predicted molar refractivity (Wildman–Crippen MR) is 70.4 cm³/mol. The lowest BCUT2D eigenvalue weighted by molar-refractivity contribution is -0.129. The molecule has 102 valence electrons. The Morgan fingerprint density at radius 1 is 1.61 bits per heavy atom. The monoisotopic (exact) mass is 295 g/mol. The molecule has 0 spiro atoms. The number of rotatable bonds is 7. The highest BCUT2D eigenvalue weighted by atomic mass is 35.5. The molecule has 1 aromatic rings. The molecule has 0 saturated heterocycles. The number of carboxylic acid groups (broad SMARTS) is 1. The van der Waals surface area contributed by atoms with E-state index >= 15 is 0 Å². The summed E-state index contributed by atoms with van der Waals surface area (Å²) >= 11 is 1.14. The zero-order valence-corrected chi connectivity index (χ0v) is 11.3. The van der Waals surface area contributed by atoms with Gasteiger partial charge in [0.05, 0.1) is 6.61 Å². The molecule has 0 fully saturated rings. The molecule has 0 unspecified atom stereocenters. The van der Waals surface area contributed by atoms with Gasteiger partial charge in [0.15, 0.2) is 5.13 Å². The van der Waals surface area contributed by atoms with E-state index in [-0.39, 0.29) is 35.6 Å². The first-order chi connectivity index (χ1) is 8.15. The average Bonchev–Trinajstić information content (AvgIpc) is 2.69. The molecule has 9 heteroatoms. The second-order valence-corrected chi connectivity index (χ2v) is 3.74. The molecule has 1 rings (SSSR count). The molecule has 7 nitrogen and oxygen atoms in total. The van der Waals surface area contributed by atoms with Crippen LogP contribution in [0.4, 0.5) is 5.13 Å². The first-order valence-corrected chi connectivity index (χ1v) is 5.75. The van der Waals surface area contributed by atoms with E-state index in [0.29, 0.717) is 13.2 Å². The zero-order valence-electron chi connectivity index (χ0n) is 9.66. The van der Waals surface area contributed by atoms with E-state index in [1.54, 1.807) is 0 Å². The lowest BCUT2D eigenvalue weighted by Crippen LogP contribution is -2.16. The van der Waals surface area contributed by atoms with Gasteiger partial charge in [-0.1, -0.05) is 5.16 Å². The van der Waals surface area contributed by atoms with Crippen LogP contribution in [0.15, 0.2) is 10.5 Å². The molecule has 0 radical (unpaired) electrons. The van der Waals surface area contributed by atoms with Crippen molar-refractivity contribution >= 4 is 40.6 Å². The first kappa shape index (κ1) is 16.6. The van der Waals surface area contributed by atoms with Crippen LogP contribution < -0.4 is 5.73 Å². The fourth-order valence-corrected chi connectivity index (χ4v) is 1.49. The number of aliphatic carboxylic acids is 1. The molecular weight excluding hydrogens is 282 g/mol. The zero-order chi connectivity index (χ0) is 12.7. The van der Waals surface area contributed by atoms with Crippen LogP contribution in [0.25, 0.3) is 0 Å². The van der Waals surface area contributed by atoms with Crippen LogP contribution in [0.5, 0.6) is 0 Å². The quantitative estimate of drug-likeness (QED) is 0.441. The van der Waals surface area contributed by atoms with Gasteiger partial charge in [0.25, 0.3) is 0 Å². The summed E-state index contributed by atoms with van der Waals surface area (Å²) in [5.74, 6) is -1.22. The molecule has 3 N–H and O–H groups in total. The molecule has 0 aliphatic rings. The number of anilines is 1. The van der Waals surface area contributed by atoms with Gasteiger partial charge in [-0.3, -0.25) is 0 Å². The normalized spacial score (nSPS) is 10.8. The van der Waals surface area contributed by atoms with Crippen molar-refractivity contribution in [1.29, 1.82) is 0 Å². The fraction of sp³-hybridized carbons (Fsp3) is 0.444. The van der Waals surface area contributed by atoms with Crippen LogP contribution >= 0.6 is 23.7 Å². The van der Waals surface area contributed by atoms with Gasteiger partial charge in [-0.15, -0.1) is 23.7 Å². The summed E-state index contributed by atoms with van der Waals surface area (Å²) in [5.41, 5.74) is 5.33. The fourth-order valence-electron chi connectivity index (χ4n) is 0.942. The summed E-state index contributed by atoms with van der Waals surface area (Å²) in [4.78, 5) is 19.6. The molecule has 0 saturated carbocycles. The Bertz CT molecular complexity index is 410. The smallest absolute Gasteiger partial charge is 0.360 e. The number of oxime groups is 1. The average molecular weight is 296 g/mol. The van der Waals surface area contributed by atoms with Crippen molar-refractivity contribution in [1.82, 2.24) is 4.98 Å². The molecule has 18 heavy (non-hydrogen) atoms. The largest absolute Gasteiger partial charge is 0.476 e. The Hall–Kier alpha value is -1.38. The van der Waals surface area contributed by atoms with Crippen LogP contribution in [-0.2, 0) is 14.4 Å². The van der Waals surface area contributed by atoms with Gasteiger partial charge in [-0.25, -0.2) is 9.78 Å². The molecule has 0 aromatic carbocycles. The Morgan fingerprint density at radius 3 is 2.83 bits per heavy atom. The van der Waals surface area contributed by atoms with Gasteiger partial charge in [-0.05, 0) is 6.92 Å². The minimum atomic E-state index is -1.22. The Labute approximate surface area is 114 Å². The molecule has 0 amide bonds. The number of carbonyl (C=O) groups is 1. The Kier molecular flexibility index (Phi) is 8.01. The summed E-state index contributed by atoms with van der Waals surface area (Å²) in [5, 5.41) is 14.2. The highest BCUT2D eigenvalue weighted by Gasteiger charge is 2.16. The van der Waals surface area contributed by atoms with Crippen molar-refractivity contribution in [2.45, 2.75) is 6.92 Å². The predicted octanol–water partition coefficient (Wildman–Crippen LogP) is 0.989. The molecular formula is C9H14ClN3O4S. The van der Waals surface area contributed by atoms with E-state index in [1.807, 2.05) is 6.92 Å². The van der Waals surface area contributed by atoms with Crippen molar-refractivity contribution in [2.24, 2.45) is 5.16 Å². The third kappa shape index (κ3) is 5.30. The van der Waals surface area contributed by atoms with Crippen molar-refractivity contribution in [3.63, 3.8) is 0 Å². The number of nitrogens with zero attached hydrogens (tertiary/aromatic N) is 2. The van der Waals surface area contributed by atoms with Crippen LogP contribution in [0.3, 0.4) is 0 Å².